The quantitative estimate of drug-likeness (QED) is 0.557. The average Bonchev–Trinajstić information content (AvgIpc) is 2.70. The Hall–Kier alpha value is -4.01. The van der Waals surface area contributed by atoms with Gasteiger partial charge in [0.15, 0.2) is 5.82 Å². The fourth-order valence-corrected chi connectivity index (χ4v) is 2.38. The van der Waals surface area contributed by atoms with Gasteiger partial charge in [-0.05, 0) is 43.7 Å². The molecule has 9 heteroatoms. The van der Waals surface area contributed by atoms with E-state index in [1.54, 1.807) is 43.5 Å². The molecule has 0 saturated carbocycles. The molecule has 0 aliphatic rings. The molecule has 0 spiro atoms. The number of rotatable bonds is 7. The average molecular weight is 392 g/mol. The number of aromatic nitrogens is 3. The third-order valence-corrected chi connectivity index (χ3v) is 3.99. The molecule has 0 aliphatic heterocycles. The Morgan fingerprint density at radius 1 is 1.07 bits per heavy atom. The van der Waals surface area contributed by atoms with Crippen molar-refractivity contribution in [2.45, 2.75) is 19.9 Å². The van der Waals surface area contributed by atoms with Crippen molar-refractivity contribution in [1.29, 1.82) is 0 Å². The van der Waals surface area contributed by atoms with Gasteiger partial charge in [0.2, 0.25) is 11.8 Å². The van der Waals surface area contributed by atoms with Crippen molar-refractivity contribution < 1.29 is 14.3 Å². The van der Waals surface area contributed by atoms with Gasteiger partial charge in [-0.2, -0.15) is 0 Å². The Morgan fingerprint density at radius 3 is 2.38 bits per heavy atom. The highest BCUT2D eigenvalue weighted by molar-refractivity contribution is 5.92. The fraction of sp³-hybridized carbons (Fsp3) is 0.150. The summed E-state index contributed by atoms with van der Waals surface area (Å²) >= 11 is 0. The lowest BCUT2D eigenvalue weighted by Gasteiger charge is -2.13. The number of nitrogens with zero attached hydrogens (tertiary/aromatic N) is 3. The van der Waals surface area contributed by atoms with Crippen LogP contribution in [0.2, 0.25) is 0 Å². The number of amides is 2. The molecule has 148 valence electrons. The molecule has 5 N–H and O–H groups in total. The topological polar surface area (TPSA) is 146 Å². The number of nitrogens with two attached hydrogens (primary N) is 2. The summed E-state index contributed by atoms with van der Waals surface area (Å²) in [5, 5.41) is 2.83. The molecule has 0 radical (unpaired) electrons. The Morgan fingerprint density at radius 2 is 1.79 bits per heavy atom. The van der Waals surface area contributed by atoms with Crippen LogP contribution in [0.4, 0.5) is 5.82 Å². The molecule has 2 heterocycles. The van der Waals surface area contributed by atoms with Gasteiger partial charge in [-0.3, -0.25) is 9.59 Å². The number of hydrogen-bond donors (Lipinski definition) is 3. The SMILES string of the molecule is Cc1ccc(Oc2ccc(-c3nc(NC(C)C(N)=O)cc(C(N)=O)n3)cc2)nc1. The Kier molecular flexibility index (Phi) is 5.68. The lowest BCUT2D eigenvalue weighted by Crippen LogP contribution is -2.33. The molecule has 9 nitrogen and oxygen atoms in total. The molecule has 0 saturated heterocycles. The van der Waals surface area contributed by atoms with Gasteiger partial charge in [0.05, 0.1) is 0 Å². The zero-order valence-corrected chi connectivity index (χ0v) is 15.9. The van der Waals surface area contributed by atoms with E-state index in [2.05, 4.69) is 20.3 Å². The minimum Gasteiger partial charge on any atom is -0.439 e. The highest BCUT2D eigenvalue weighted by atomic mass is 16.5. The van der Waals surface area contributed by atoms with E-state index in [0.29, 0.717) is 17.2 Å². The lowest BCUT2D eigenvalue weighted by molar-refractivity contribution is -0.118. The van der Waals surface area contributed by atoms with Crippen molar-refractivity contribution in [2.75, 3.05) is 5.32 Å². The van der Waals surface area contributed by atoms with Crippen LogP contribution in [0.3, 0.4) is 0 Å². The van der Waals surface area contributed by atoms with E-state index >= 15 is 0 Å². The van der Waals surface area contributed by atoms with Gasteiger partial charge < -0.3 is 21.5 Å². The summed E-state index contributed by atoms with van der Waals surface area (Å²) in [7, 11) is 0. The first-order valence-electron chi connectivity index (χ1n) is 8.77. The second kappa shape index (κ2) is 8.34. The maximum absolute atomic E-state index is 11.6. The second-order valence-corrected chi connectivity index (χ2v) is 6.39. The van der Waals surface area contributed by atoms with Gasteiger partial charge in [-0.15, -0.1) is 0 Å². The fourth-order valence-electron chi connectivity index (χ4n) is 2.38. The van der Waals surface area contributed by atoms with Crippen LogP contribution in [-0.4, -0.2) is 32.8 Å². The van der Waals surface area contributed by atoms with E-state index in [4.69, 9.17) is 16.2 Å². The van der Waals surface area contributed by atoms with Crippen LogP contribution < -0.4 is 21.5 Å². The van der Waals surface area contributed by atoms with Crippen molar-refractivity contribution in [2.24, 2.45) is 11.5 Å². The maximum atomic E-state index is 11.6. The van der Waals surface area contributed by atoms with Crippen LogP contribution in [-0.2, 0) is 4.79 Å². The van der Waals surface area contributed by atoms with E-state index in [1.807, 2.05) is 13.0 Å². The van der Waals surface area contributed by atoms with E-state index in [1.165, 1.54) is 6.07 Å². The molecule has 0 fully saturated rings. The zero-order chi connectivity index (χ0) is 21.0. The number of pyridine rings is 1. The second-order valence-electron chi connectivity index (χ2n) is 6.39. The zero-order valence-electron chi connectivity index (χ0n) is 15.9. The van der Waals surface area contributed by atoms with Gasteiger partial charge in [0, 0.05) is 23.9 Å². The number of ether oxygens (including phenoxy) is 1. The molecule has 1 aromatic carbocycles. The van der Waals surface area contributed by atoms with E-state index in [-0.39, 0.29) is 17.3 Å². The Balaban J connectivity index is 1.86. The van der Waals surface area contributed by atoms with E-state index in [9.17, 15) is 9.59 Å². The van der Waals surface area contributed by atoms with E-state index in [0.717, 1.165) is 5.56 Å². The van der Waals surface area contributed by atoms with Crippen molar-refractivity contribution in [3.8, 4) is 23.0 Å². The Labute approximate surface area is 167 Å². The first-order valence-corrected chi connectivity index (χ1v) is 8.77. The van der Waals surface area contributed by atoms with Crippen molar-refractivity contribution in [3.05, 3.63) is 59.9 Å². The van der Waals surface area contributed by atoms with Crippen LogP contribution in [0.15, 0.2) is 48.7 Å². The van der Waals surface area contributed by atoms with Crippen LogP contribution in [0.5, 0.6) is 11.6 Å². The number of primary amides is 2. The summed E-state index contributed by atoms with van der Waals surface area (Å²) in [6.07, 6.45) is 1.72. The summed E-state index contributed by atoms with van der Waals surface area (Å²) < 4.78 is 5.70. The van der Waals surface area contributed by atoms with Crippen LogP contribution >= 0.6 is 0 Å². The number of carbonyl (C=O) groups is 2. The largest absolute Gasteiger partial charge is 0.439 e. The van der Waals surface area contributed by atoms with Crippen LogP contribution in [0, 0.1) is 6.92 Å². The van der Waals surface area contributed by atoms with E-state index < -0.39 is 17.9 Å². The highest BCUT2D eigenvalue weighted by Crippen LogP contribution is 2.24. The Bertz CT molecular complexity index is 1040. The predicted octanol–water partition coefficient (Wildman–Crippen LogP) is 2.02. The molecule has 0 bridgehead atoms. The first kappa shape index (κ1) is 19.7. The predicted molar refractivity (Wildman–Crippen MR) is 107 cm³/mol. The molecule has 3 aromatic rings. The molecule has 1 unspecified atom stereocenters. The summed E-state index contributed by atoms with van der Waals surface area (Å²) in [5.74, 6) is 0.310. The van der Waals surface area contributed by atoms with Crippen LogP contribution in [0.1, 0.15) is 23.0 Å². The summed E-state index contributed by atoms with van der Waals surface area (Å²) in [6.45, 7) is 3.53. The third-order valence-electron chi connectivity index (χ3n) is 3.99. The summed E-state index contributed by atoms with van der Waals surface area (Å²) in [6, 6.07) is 11.3. The maximum Gasteiger partial charge on any atom is 0.267 e. The van der Waals surface area contributed by atoms with Gasteiger partial charge >= 0.3 is 0 Å². The summed E-state index contributed by atoms with van der Waals surface area (Å²) in [5.41, 5.74) is 12.3. The summed E-state index contributed by atoms with van der Waals surface area (Å²) in [4.78, 5) is 35.6. The molecule has 2 amide bonds. The van der Waals surface area contributed by atoms with Crippen molar-refractivity contribution in [3.63, 3.8) is 0 Å². The van der Waals surface area contributed by atoms with Gasteiger partial charge in [-0.1, -0.05) is 6.07 Å². The molecular formula is C20H20N6O3. The normalized spacial score (nSPS) is 11.5. The molecule has 2 aromatic heterocycles. The minimum atomic E-state index is -0.714. The number of carbonyl (C=O) groups excluding carboxylic acids is 2. The minimum absolute atomic E-state index is 0.0124. The van der Waals surface area contributed by atoms with Crippen LogP contribution in [0.25, 0.3) is 11.4 Å². The standard InChI is InChI=1S/C20H20N6O3/c1-11-3-8-17(23-10-11)29-14-6-4-13(5-7-14)20-25-15(19(22)28)9-16(26-20)24-12(2)18(21)27/h3-10,12H,1-2H3,(H2,21,27)(H2,22,28)(H,24,25,26). The lowest BCUT2D eigenvalue weighted by atomic mass is 10.2. The first-order chi connectivity index (χ1) is 13.8. The highest BCUT2D eigenvalue weighted by Gasteiger charge is 2.14. The number of aryl methyl sites for hydroxylation is 1. The monoisotopic (exact) mass is 392 g/mol. The van der Waals surface area contributed by atoms with Crippen molar-refractivity contribution >= 4 is 17.6 Å². The van der Waals surface area contributed by atoms with Gasteiger partial charge in [0.25, 0.3) is 5.91 Å². The molecule has 0 aliphatic carbocycles. The number of nitrogens with one attached hydrogen (secondary N) is 1. The third kappa shape index (κ3) is 5.04. The molecule has 29 heavy (non-hydrogen) atoms. The molecular weight excluding hydrogens is 372 g/mol. The van der Waals surface area contributed by atoms with Crippen molar-refractivity contribution in [1.82, 2.24) is 15.0 Å². The smallest absolute Gasteiger partial charge is 0.267 e. The number of benzene rings is 1. The molecule has 3 rings (SSSR count). The number of anilines is 1. The van der Waals surface area contributed by atoms with Gasteiger partial charge in [0.1, 0.15) is 23.3 Å². The van der Waals surface area contributed by atoms with Gasteiger partial charge in [-0.25, -0.2) is 15.0 Å². The number of hydrogen-bond acceptors (Lipinski definition) is 7. The molecule has 1 atom stereocenters.